The zero-order valence-electron chi connectivity index (χ0n) is 12.9. The van der Waals surface area contributed by atoms with Crippen molar-refractivity contribution in [1.82, 2.24) is 0 Å². The molecule has 0 aromatic heterocycles. The lowest BCUT2D eigenvalue weighted by atomic mass is 10.1. The summed E-state index contributed by atoms with van der Waals surface area (Å²) in [4.78, 5) is 2.38. The number of benzene rings is 1. The molecule has 0 radical (unpaired) electrons. The minimum atomic E-state index is 0.141. The van der Waals surface area contributed by atoms with E-state index >= 15 is 0 Å². The third-order valence-electron chi connectivity index (χ3n) is 3.34. The normalized spacial score (nSPS) is 12.5. The maximum absolute atomic E-state index is 5.96. The largest absolute Gasteiger partial charge is 0.489 e. The van der Waals surface area contributed by atoms with Gasteiger partial charge in [0.1, 0.15) is 5.75 Å². The van der Waals surface area contributed by atoms with Crippen LogP contribution in [0.25, 0.3) is 0 Å². The number of nitrogens with two attached hydrogens (primary N) is 1. The van der Waals surface area contributed by atoms with Crippen LogP contribution in [0.15, 0.2) is 18.2 Å². The van der Waals surface area contributed by atoms with Crippen molar-refractivity contribution >= 4 is 11.4 Å². The van der Waals surface area contributed by atoms with Gasteiger partial charge in [0.15, 0.2) is 0 Å². The Morgan fingerprint density at radius 3 is 2.42 bits per heavy atom. The zero-order chi connectivity index (χ0) is 14.4. The molecule has 108 valence electrons. The summed E-state index contributed by atoms with van der Waals surface area (Å²) in [6.07, 6.45) is 1.34. The van der Waals surface area contributed by atoms with E-state index in [0.717, 1.165) is 18.8 Å². The first-order chi connectivity index (χ1) is 8.97. The standard InChI is InChI=1S/C16H28N2O/c1-6-13(5)11-18(7-2)14-8-9-15(17)16(10-14)19-12(3)4/h8-10,12-13H,6-7,11,17H2,1-5H3. The Labute approximate surface area is 117 Å². The molecule has 3 heteroatoms. The molecule has 19 heavy (non-hydrogen) atoms. The number of anilines is 2. The minimum Gasteiger partial charge on any atom is -0.489 e. The van der Waals surface area contributed by atoms with Crippen LogP contribution < -0.4 is 15.4 Å². The average Bonchev–Trinajstić information content (AvgIpc) is 2.37. The summed E-state index contributed by atoms with van der Waals surface area (Å²) in [5.74, 6) is 1.47. The van der Waals surface area contributed by atoms with Gasteiger partial charge in [-0.2, -0.15) is 0 Å². The maximum atomic E-state index is 5.96. The van der Waals surface area contributed by atoms with Gasteiger partial charge in [0.2, 0.25) is 0 Å². The molecule has 0 bridgehead atoms. The SMILES string of the molecule is CCC(C)CN(CC)c1ccc(N)c(OC(C)C)c1. The van der Waals surface area contributed by atoms with Crippen molar-refractivity contribution in [3.8, 4) is 5.75 Å². The van der Waals surface area contributed by atoms with E-state index in [0.29, 0.717) is 11.6 Å². The highest BCUT2D eigenvalue weighted by Gasteiger charge is 2.11. The molecule has 1 aromatic rings. The van der Waals surface area contributed by atoms with E-state index < -0.39 is 0 Å². The first kappa shape index (κ1) is 15.7. The van der Waals surface area contributed by atoms with Crippen LogP contribution in [0.4, 0.5) is 11.4 Å². The molecule has 0 heterocycles. The van der Waals surface area contributed by atoms with Crippen LogP contribution in [0.5, 0.6) is 5.75 Å². The number of nitrogens with zero attached hydrogens (tertiary/aromatic N) is 1. The van der Waals surface area contributed by atoms with Crippen molar-refractivity contribution in [1.29, 1.82) is 0 Å². The Bertz CT molecular complexity index is 390. The highest BCUT2D eigenvalue weighted by Crippen LogP contribution is 2.29. The van der Waals surface area contributed by atoms with Crippen LogP contribution in [-0.4, -0.2) is 19.2 Å². The molecule has 1 unspecified atom stereocenters. The van der Waals surface area contributed by atoms with E-state index in [2.05, 4.69) is 37.8 Å². The fourth-order valence-corrected chi connectivity index (χ4v) is 2.00. The quantitative estimate of drug-likeness (QED) is 0.758. The Hall–Kier alpha value is -1.38. The monoisotopic (exact) mass is 264 g/mol. The van der Waals surface area contributed by atoms with Gasteiger partial charge in [0.05, 0.1) is 11.8 Å². The predicted octanol–water partition coefficient (Wildman–Crippen LogP) is 3.93. The molecule has 0 fully saturated rings. The van der Waals surface area contributed by atoms with Crippen molar-refractivity contribution in [3.05, 3.63) is 18.2 Å². The Morgan fingerprint density at radius 2 is 1.89 bits per heavy atom. The average molecular weight is 264 g/mol. The van der Waals surface area contributed by atoms with Crippen molar-refractivity contribution in [2.75, 3.05) is 23.7 Å². The lowest BCUT2D eigenvalue weighted by Crippen LogP contribution is -2.28. The van der Waals surface area contributed by atoms with E-state index in [1.165, 1.54) is 12.1 Å². The summed E-state index contributed by atoms with van der Waals surface area (Å²) in [6, 6.07) is 6.07. The van der Waals surface area contributed by atoms with Gasteiger partial charge in [-0.1, -0.05) is 20.3 Å². The number of ether oxygens (including phenoxy) is 1. The topological polar surface area (TPSA) is 38.5 Å². The van der Waals surface area contributed by atoms with Crippen LogP contribution in [0, 0.1) is 5.92 Å². The molecule has 0 saturated carbocycles. The second kappa shape index (κ2) is 7.27. The Balaban J connectivity index is 2.91. The van der Waals surface area contributed by atoms with Crippen molar-refractivity contribution in [3.63, 3.8) is 0 Å². The van der Waals surface area contributed by atoms with Gasteiger partial charge in [0.25, 0.3) is 0 Å². The molecule has 3 nitrogen and oxygen atoms in total. The third kappa shape index (κ3) is 4.66. The van der Waals surface area contributed by atoms with Crippen LogP contribution in [0.1, 0.15) is 41.0 Å². The summed E-state index contributed by atoms with van der Waals surface area (Å²) in [5.41, 5.74) is 7.86. The predicted molar refractivity (Wildman–Crippen MR) is 84.0 cm³/mol. The van der Waals surface area contributed by atoms with Crippen LogP contribution in [-0.2, 0) is 0 Å². The maximum Gasteiger partial charge on any atom is 0.144 e. The fraction of sp³-hybridized carbons (Fsp3) is 0.625. The van der Waals surface area contributed by atoms with Crippen molar-refractivity contribution in [2.45, 2.75) is 47.1 Å². The molecular formula is C16H28N2O. The van der Waals surface area contributed by atoms with Crippen LogP contribution in [0.2, 0.25) is 0 Å². The minimum absolute atomic E-state index is 0.141. The number of hydrogen-bond acceptors (Lipinski definition) is 3. The first-order valence-corrected chi connectivity index (χ1v) is 7.29. The highest BCUT2D eigenvalue weighted by atomic mass is 16.5. The molecule has 0 aliphatic carbocycles. The summed E-state index contributed by atoms with van der Waals surface area (Å²) in [7, 11) is 0. The van der Waals surface area contributed by atoms with Gasteiger partial charge >= 0.3 is 0 Å². The van der Waals surface area contributed by atoms with Gasteiger partial charge in [-0.3, -0.25) is 0 Å². The fourth-order valence-electron chi connectivity index (χ4n) is 2.00. The van der Waals surface area contributed by atoms with Crippen molar-refractivity contribution < 1.29 is 4.74 Å². The van der Waals surface area contributed by atoms with E-state index in [4.69, 9.17) is 10.5 Å². The second-order valence-electron chi connectivity index (χ2n) is 5.44. The molecule has 1 aromatic carbocycles. The zero-order valence-corrected chi connectivity index (χ0v) is 12.9. The van der Waals surface area contributed by atoms with Crippen LogP contribution in [0.3, 0.4) is 0 Å². The van der Waals surface area contributed by atoms with Gasteiger partial charge in [0, 0.05) is 24.8 Å². The van der Waals surface area contributed by atoms with E-state index in [9.17, 15) is 0 Å². The first-order valence-electron chi connectivity index (χ1n) is 7.29. The van der Waals surface area contributed by atoms with Gasteiger partial charge in [-0.15, -0.1) is 0 Å². The summed E-state index contributed by atoms with van der Waals surface area (Å²) >= 11 is 0. The third-order valence-corrected chi connectivity index (χ3v) is 3.34. The molecular weight excluding hydrogens is 236 g/mol. The van der Waals surface area contributed by atoms with Crippen molar-refractivity contribution in [2.24, 2.45) is 5.92 Å². The summed E-state index contributed by atoms with van der Waals surface area (Å²) in [6.45, 7) is 12.8. The molecule has 0 saturated heterocycles. The van der Waals surface area contributed by atoms with E-state index in [1.54, 1.807) is 0 Å². The lowest BCUT2D eigenvalue weighted by molar-refractivity contribution is 0.244. The molecule has 0 amide bonds. The Kier molecular flexibility index (Phi) is 6.00. The second-order valence-corrected chi connectivity index (χ2v) is 5.44. The van der Waals surface area contributed by atoms with Gasteiger partial charge in [-0.05, 0) is 38.8 Å². The summed E-state index contributed by atoms with van der Waals surface area (Å²) < 4.78 is 5.76. The highest BCUT2D eigenvalue weighted by molar-refractivity contribution is 5.62. The number of rotatable bonds is 7. The van der Waals surface area contributed by atoms with Gasteiger partial charge in [-0.25, -0.2) is 0 Å². The molecule has 0 spiro atoms. The van der Waals surface area contributed by atoms with E-state index in [1.807, 2.05) is 19.9 Å². The Morgan fingerprint density at radius 1 is 1.21 bits per heavy atom. The molecule has 2 N–H and O–H groups in total. The van der Waals surface area contributed by atoms with Crippen LogP contribution >= 0.6 is 0 Å². The van der Waals surface area contributed by atoms with E-state index in [-0.39, 0.29) is 6.10 Å². The molecule has 0 aliphatic heterocycles. The number of nitrogen functional groups attached to an aromatic ring is 1. The molecule has 1 atom stereocenters. The molecule has 0 aliphatic rings. The van der Waals surface area contributed by atoms with Gasteiger partial charge < -0.3 is 15.4 Å². The number of hydrogen-bond donors (Lipinski definition) is 1. The smallest absolute Gasteiger partial charge is 0.144 e. The summed E-state index contributed by atoms with van der Waals surface area (Å²) in [5, 5.41) is 0. The lowest BCUT2D eigenvalue weighted by Gasteiger charge is -2.27. The molecule has 1 rings (SSSR count).